The smallest absolute Gasteiger partial charge is 0.227 e. The van der Waals surface area contributed by atoms with E-state index in [1.807, 2.05) is 42.2 Å². The summed E-state index contributed by atoms with van der Waals surface area (Å²) in [5, 5.41) is 0. The molecule has 0 saturated heterocycles. The van der Waals surface area contributed by atoms with Gasteiger partial charge in [0.05, 0.1) is 5.92 Å². The Bertz CT molecular complexity index is 414. The first-order valence-corrected chi connectivity index (χ1v) is 7.26. The molecule has 19 heavy (non-hydrogen) atoms. The Morgan fingerprint density at radius 2 is 2.00 bits per heavy atom. The Morgan fingerprint density at radius 1 is 1.37 bits per heavy atom. The third-order valence-electron chi connectivity index (χ3n) is 3.85. The van der Waals surface area contributed by atoms with Crippen LogP contribution >= 0.6 is 0 Å². The molecule has 1 aromatic rings. The number of amides is 1. The van der Waals surface area contributed by atoms with E-state index in [4.69, 9.17) is 5.73 Å². The first-order valence-electron chi connectivity index (χ1n) is 7.26. The average molecular weight is 260 g/mol. The highest BCUT2D eigenvalue weighted by atomic mass is 16.2. The zero-order valence-electron chi connectivity index (χ0n) is 11.9. The molecule has 3 heteroatoms. The van der Waals surface area contributed by atoms with Crippen LogP contribution in [-0.2, 0) is 4.79 Å². The van der Waals surface area contributed by atoms with Crippen LogP contribution < -0.4 is 5.73 Å². The van der Waals surface area contributed by atoms with Crippen LogP contribution in [0.2, 0.25) is 0 Å². The second kappa shape index (κ2) is 6.20. The number of nitrogens with zero attached hydrogens (tertiary/aromatic N) is 1. The normalized spacial score (nSPS) is 17.8. The van der Waals surface area contributed by atoms with Gasteiger partial charge in [-0.2, -0.15) is 0 Å². The van der Waals surface area contributed by atoms with Gasteiger partial charge in [-0.25, -0.2) is 0 Å². The fourth-order valence-electron chi connectivity index (χ4n) is 2.48. The topological polar surface area (TPSA) is 46.3 Å². The number of benzene rings is 1. The molecular formula is C16H24N2O. The van der Waals surface area contributed by atoms with Gasteiger partial charge >= 0.3 is 0 Å². The van der Waals surface area contributed by atoms with E-state index in [2.05, 4.69) is 6.92 Å². The summed E-state index contributed by atoms with van der Waals surface area (Å²) in [5.74, 6) is 0.0512. The first kappa shape index (κ1) is 14.1. The molecular weight excluding hydrogens is 236 g/mol. The quantitative estimate of drug-likeness (QED) is 0.855. The van der Waals surface area contributed by atoms with E-state index in [1.54, 1.807) is 0 Å². The van der Waals surface area contributed by atoms with Crippen LogP contribution in [0.15, 0.2) is 30.3 Å². The van der Waals surface area contributed by atoms with E-state index >= 15 is 0 Å². The molecule has 0 radical (unpaired) electrons. The first-order chi connectivity index (χ1) is 9.15. The maximum atomic E-state index is 12.6. The van der Waals surface area contributed by atoms with Gasteiger partial charge in [-0.05, 0) is 24.8 Å². The molecule has 3 nitrogen and oxygen atoms in total. The largest absolute Gasteiger partial charge is 0.339 e. The molecule has 2 rings (SSSR count). The van der Waals surface area contributed by atoms with E-state index in [0.29, 0.717) is 6.04 Å². The number of rotatable bonds is 6. The lowest BCUT2D eigenvalue weighted by molar-refractivity contribution is -0.136. The van der Waals surface area contributed by atoms with E-state index in [0.717, 1.165) is 31.4 Å². The zero-order chi connectivity index (χ0) is 13.8. The highest BCUT2D eigenvalue weighted by molar-refractivity contribution is 5.80. The lowest BCUT2D eigenvalue weighted by Crippen LogP contribution is -2.41. The summed E-state index contributed by atoms with van der Waals surface area (Å²) in [4.78, 5) is 14.6. The van der Waals surface area contributed by atoms with Gasteiger partial charge in [-0.3, -0.25) is 4.79 Å². The summed E-state index contributed by atoms with van der Waals surface area (Å²) in [7, 11) is 0. The van der Waals surface area contributed by atoms with Crippen molar-refractivity contribution in [3.05, 3.63) is 35.9 Å². The molecule has 1 aliphatic carbocycles. The molecule has 0 bridgehead atoms. The fraction of sp³-hybridized carbons (Fsp3) is 0.562. The summed E-state index contributed by atoms with van der Waals surface area (Å²) in [6.07, 6.45) is 3.31. The minimum Gasteiger partial charge on any atom is -0.339 e. The molecule has 0 spiro atoms. The van der Waals surface area contributed by atoms with Gasteiger partial charge in [0, 0.05) is 18.6 Å². The van der Waals surface area contributed by atoms with Crippen molar-refractivity contribution in [2.24, 2.45) is 11.7 Å². The van der Waals surface area contributed by atoms with Gasteiger partial charge in [0.1, 0.15) is 0 Å². The number of carbonyl (C=O) groups excluding carboxylic acids is 1. The monoisotopic (exact) mass is 260 g/mol. The summed E-state index contributed by atoms with van der Waals surface area (Å²) in [5.41, 5.74) is 7.28. The maximum absolute atomic E-state index is 12.6. The van der Waals surface area contributed by atoms with E-state index in [-0.39, 0.29) is 17.9 Å². The Balaban J connectivity index is 2.05. The summed E-state index contributed by atoms with van der Waals surface area (Å²) >= 11 is 0. The van der Waals surface area contributed by atoms with Gasteiger partial charge in [0.15, 0.2) is 0 Å². The predicted molar refractivity (Wildman–Crippen MR) is 77.6 cm³/mol. The van der Waals surface area contributed by atoms with Crippen molar-refractivity contribution in [1.82, 2.24) is 4.90 Å². The van der Waals surface area contributed by atoms with Crippen molar-refractivity contribution in [2.75, 3.05) is 6.54 Å². The van der Waals surface area contributed by atoms with Gasteiger partial charge in [-0.15, -0.1) is 0 Å². The minimum absolute atomic E-state index is 0.158. The van der Waals surface area contributed by atoms with E-state index < -0.39 is 0 Å². The van der Waals surface area contributed by atoms with Crippen molar-refractivity contribution in [2.45, 2.75) is 45.2 Å². The molecule has 0 aromatic heterocycles. The van der Waals surface area contributed by atoms with Crippen molar-refractivity contribution in [3.8, 4) is 0 Å². The van der Waals surface area contributed by atoms with Crippen LogP contribution in [0.25, 0.3) is 0 Å². The maximum Gasteiger partial charge on any atom is 0.227 e. The number of hydrogen-bond acceptors (Lipinski definition) is 2. The lowest BCUT2D eigenvalue weighted by atomic mass is 9.94. The Labute approximate surface area is 115 Å². The van der Waals surface area contributed by atoms with Gasteiger partial charge in [-0.1, -0.05) is 44.2 Å². The number of nitrogens with two attached hydrogens (primary N) is 1. The molecule has 104 valence electrons. The SMILES string of the molecule is CCCN(C(=O)C(C)C(N)c1ccccc1)C1CC1. The third kappa shape index (κ3) is 3.35. The zero-order valence-corrected chi connectivity index (χ0v) is 11.9. The molecule has 1 aliphatic rings. The highest BCUT2D eigenvalue weighted by Gasteiger charge is 2.35. The van der Waals surface area contributed by atoms with Crippen molar-refractivity contribution >= 4 is 5.91 Å². The van der Waals surface area contributed by atoms with E-state index in [1.165, 1.54) is 0 Å². The number of hydrogen-bond donors (Lipinski definition) is 1. The molecule has 1 amide bonds. The second-order valence-corrected chi connectivity index (χ2v) is 5.49. The molecule has 1 fully saturated rings. The highest BCUT2D eigenvalue weighted by Crippen LogP contribution is 2.30. The molecule has 1 aromatic carbocycles. The van der Waals surface area contributed by atoms with E-state index in [9.17, 15) is 4.79 Å². The van der Waals surface area contributed by atoms with Crippen LogP contribution in [-0.4, -0.2) is 23.4 Å². The van der Waals surface area contributed by atoms with Crippen LogP contribution in [0.3, 0.4) is 0 Å². The van der Waals surface area contributed by atoms with Crippen LogP contribution in [0.1, 0.15) is 44.7 Å². The van der Waals surface area contributed by atoms with Gasteiger partial charge < -0.3 is 10.6 Å². The molecule has 2 N–H and O–H groups in total. The third-order valence-corrected chi connectivity index (χ3v) is 3.85. The van der Waals surface area contributed by atoms with Crippen LogP contribution in [0, 0.1) is 5.92 Å². The summed E-state index contributed by atoms with van der Waals surface area (Å²) in [6, 6.07) is 10.2. The Morgan fingerprint density at radius 3 is 2.53 bits per heavy atom. The van der Waals surface area contributed by atoms with Gasteiger partial charge in [0.25, 0.3) is 0 Å². The predicted octanol–water partition coefficient (Wildman–Crippen LogP) is 2.72. The molecule has 0 aliphatic heterocycles. The molecule has 2 atom stereocenters. The molecule has 0 heterocycles. The second-order valence-electron chi connectivity index (χ2n) is 5.49. The van der Waals surface area contributed by atoms with Gasteiger partial charge in [0.2, 0.25) is 5.91 Å². The fourth-order valence-corrected chi connectivity index (χ4v) is 2.48. The summed E-state index contributed by atoms with van der Waals surface area (Å²) < 4.78 is 0. The molecule has 1 saturated carbocycles. The Kier molecular flexibility index (Phi) is 4.59. The Hall–Kier alpha value is -1.35. The average Bonchev–Trinajstić information content (AvgIpc) is 3.28. The summed E-state index contributed by atoms with van der Waals surface area (Å²) in [6.45, 7) is 4.92. The number of carbonyl (C=O) groups is 1. The van der Waals surface area contributed by atoms with Crippen LogP contribution in [0.5, 0.6) is 0 Å². The van der Waals surface area contributed by atoms with Crippen molar-refractivity contribution in [1.29, 1.82) is 0 Å². The molecule has 2 unspecified atom stereocenters. The lowest BCUT2D eigenvalue weighted by Gasteiger charge is -2.28. The minimum atomic E-state index is -0.216. The van der Waals surface area contributed by atoms with Crippen molar-refractivity contribution in [3.63, 3.8) is 0 Å². The standard InChI is InChI=1S/C16H24N2O/c1-3-11-18(14-9-10-14)16(19)12(2)15(17)13-7-5-4-6-8-13/h4-8,12,14-15H,3,9-11,17H2,1-2H3. The van der Waals surface area contributed by atoms with Crippen LogP contribution in [0.4, 0.5) is 0 Å². The van der Waals surface area contributed by atoms with Crippen molar-refractivity contribution < 1.29 is 4.79 Å².